The molecule has 4 N–H and O–H groups in total. The number of aliphatic hydroxyl groups is 4. The summed E-state index contributed by atoms with van der Waals surface area (Å²) < 4.78 is 16.9. The molecule has 1 unspecified atom stereocenters. The summed E-state index contributed by atoms with van der Waals surface area (Å²) in [4.78, 5) is 25.9. The van der Waals surface area contributed by atoms with E-state index < -0.39 is 42.8 Å². The van der Waals surface area contributed by atoms with Crippen LogP contribution in [0.5, 0.6) is 0 Å². The van der Waals surface area contributed by atoms with Gasteiger partial charge < -0.3 is 34.6 Å². The number of aliphatic hydroxyl groups excluding tert-OH is 4. The lowest BCUT2D eigenvalue weighted by molar-refractivity contribution is -0.179. The number of hydrogen-bond donors (Lipinski definition) is 4. The third-order valence-electron chi connectivity index (χ3n) is 7.96. The van der Waals surface area contributed by atoms with Crippen molar-refractivity contribution in [2.75, 3.05) is 26.4 Å². The van der Waals surface area contributed by atoms with Crippen molar-refractivity contribution in [1.82, 2.24) is 0 Å². The Morgan fingerprint density at radius 2 is 1.07 bits per heavy atom. The number of unbranched alkanes of at least 4 members (excludes halogenated alkanes) is 18. The number of carbonyl (C=O) groups excluding carboxylic acids is 2. The third kappa shape index (κ3) is 13.3. The number of rotatable bonds is 29. The molecule has 1 rings (SSSR count). The van der Waals surface area contributed by atoms with Gasteiger partial charge in [-0.25, -0.2) is 4.79 Å². The zero-order valence-electron chi connectivity index (χ0n) is 26.5. The van der Waals surface area contributed by atoms with Gasteiger partial charge in [0.1, 0.15) is 12.2 Å². The number of ketones is 1. The minimum atomic E-state index is -2.49. The van der Waals surface area contributed by atoms with E-state index in [9.17, 15) is 30.0 Å². The van der Waals surface area contributed by atoms with Crippen LogP contribution in [0.2, 0.25) is 0 Å². The fraction of sp³-hybridized carbons (Fsp3) is 0.879. The molecule has 0 aromatic heterocycles. The maximum atomic E-state index is 13.1. The molecule has 0 fully saturated rings. The van der Waals surface area contributed by atoms with Crippen molar-refractivity contribution in [3.05, 3.63) is 11.5 Å². The molecule has 42 heavy (non-hydrogen) atoms. The topological polar surface area (TPSA) is 143 Å². The molecule has 0 aromatic carbocycles. The molecule has 0 radical (unpaired) electrons. The molecule has 3 atom stereocenters. The number of carbonyl (C=O) groups is 2. The molecule has 9 heteroatoms. The van der Waals surface area contributed by atoms with Gasteiger partial charge in [0, 0.05) is 0 Å². The largest absolute Gasteiger partial charge is 0.489 e. The number of esters is 1. The number of cyclic esters (lactones) is 1. The van der Waals surface area contributed by atoms with Gasteiger partial charge in [0.05, 0.1) is 26.4 Å². The van der Waals surface area contributed by atoms with Crippen LogP contribution in [0.25, 0.3) is 0 Å². The maximum Gasteiger partial charge on any atom is 0.378 e. The molecule has 0 spiro atoms. The van der Waals surface area contributed by atoms with Gasteiger partial charge in [-0.3, -0.25) is 4.79 Å². The summed E-state index contributed by atoms with van der Waals surface area (Å²) in [6, 6.07) is 0. The highest BCUT2D eigenvalue weighted by Gasteiger charge is 2.62. The predicted octanol–water partition coefficient (Wildman–Crippen LogP) is 5.64. The first-order valence-electron chi connectivity index (χ1n) is 16.8. The van der Waals surface area contributed by atoms with Gasteiger partial charge in [-0.2, -0.15) is 0 Å². The molecule has 0 saturated carbocycles. The quantitative estimate of drug-likeness (QED) is 0.0633. The van der Waals surface area contributed by atoms with E-state index in [1.165, 1.54) is 64.2 Å². The van der Waals surface area contributed by atoms with Crippen LogP contribution in [0.4, 0.5) is 0 Å². The van der Waals surface area contributed by atoms with Crippen LogP contribution in [0.3, 0.4) is 0 Å². The molecule has 0 bridgehead atoms. The fourth-order valence-electron chi connectivity index (χ4n) is 5.33. The van der Waals surface area contributed by atoms with E-state index in [1.807, 2.05) is 0 Å². The molecule has 0 aliphatic carbocycles. The second kappa shape index (κ2) is 23.7. The lowest BCUT2D eigenvalue weighted by Crippen LogP contribution is -2.58. The van der Waals surface area contributed by atoms with Gasteiger partial charge in [-0.1, -0.05) is 129 Å². The summed E-state index contributed by atoms with van der Waals surface area (Å²) in [5.41, 5.74) is -2.49. The minimum absolute atomic E-state index is 0.131. The second-order valence-electron chi connectivity index (χ2n) is 11.6. The smallest absolute Gasteiger partial charge is 0.378 e. The lowest BCUT2D eigenvalue weighted by atomic mass is 9.87. The Bertz CT molecular complexity index is 754. The van der Waals surface area contributed by atoms with Crippen molar-refractivity contribution < 1.29 is 44.2 Å². The Kier molecular flexibility index (Phi) is 21.7. The first-order valence-corrected chi connectivity index (χ1v) is 16.8. The maximum absolute atomic E-state index is 13.1. The highest BCUT2D eigenvalue weighted by Crippen LogP contribution is 2.39. The van der Waals surface area contributed by atoms with Crippen molar-refractivity contribution >= 4 is 11.8 Å². The van der Waals surface area contributed by atoms with E-state index in [2.05, 4.69) is 13.8 Å². The average Bonchev–Trinajstić information content (AvgIpc) is 3.28. The molecular formula is C33H60O9. The van der Waals surface area contributed by atoms with E-state index in [-0.39, 0.29) is 24.7 Å². The summed E-state index contributed by atoms with van der Waals surface area (Å²) in [5, 5.41) is 39.8. The van der Waals surface area contributed by atoms with E-state index in [4.69, 9.17) is 14.2 Å². The molecule has 1 aliphatic rings. The van der Waals surface area contributed by atoms with E-state index in [1.54, 1.807) is 0 Å². The van der Waals surface area contributed by atoms with Gasteiger partial charge in [-0.15, -0.1) is 0 Å². The SMILES string of the molecule is CCCCCCCCCCCCCCCCOC1=C(OCCCCCCCC)[C@@](C(=O)C(O)CO)([C@@H](O)CO)OC1=O. The monoisotopic (exact) mass is 600 g/mol. The third-order valence-corrected chi connectivity index (χ3v) is 7.96. The van der Waals surface area contributed by atoms with Crippen LogP contribution in [0.15, 0.2) is 11.5 Å². The molecule has 1 aliphatic heterocycles. The molecule has 246 valence electrons. The highest BCUT2D eigenvalue weighted by molar-refractivity contribution is 6.03. The van der Waals surface area contributed by atoms with Gasteiger partial charge in [0.15, 0.2) is 0 Å². The van der Waals surface area contributed by atoms with Crippen molar-refractivity contribution in [3.8, 4) is 0 Å². The average molecular weight is 601 g/mol. The standard InChI is InChI=1S/C33H60O9/c1-3-5-7-9-11-12-13-14-15-16-17-18-20-21-23-40-29-31(41-24-22-19-10-8-6-4-2)33(28(37)26-35,42-32(29)39)30(38)27(36)25-34/h27-28,34-37H,3-26H2,1-2H3/t27?,28-,33-/m0/s1. The Morgan fingerprint density at radius 1 is 0.667 bits per heavy atom. The molecular weight excluding hydrogens is 540 g/mol. The Labute approximate surface area is 254 Å². The fourth-order valence-corrected chi connectivity index (χ4v) is 5.33. The van der Waals surface area contributed by atoms with Crippen LogP contribution >= 0.6 is 0 Å². The first kappa shape index (κ1) is 38.3. The molecule has 0 aromatic rings. The van der Waals surface area contributed by atoms with Gasteiger partial charge in [-0.05, 0) is 12.8 Å². The van der Waals surface area contributed by atoms with Crippen molar-refractivity contribution in [2.24, 2.45) is 0 Å². The summed E-state index contributed by atoms with van der Waals surface area (Å²) >= 11 is 0. The van der Waals surface area contributed by atoms with Gasteiger partial charge in [0.25, 0.3) is 5.60 Å². The summed E-state index contributed by atoms with van der Waals surface area (Å²) in [6.07, 6.45) is 19.0. The van der Waals surface area contributed by atoms with Crippen molar-refractivity contribution in [3.63, 3.8) is 0 Å². The number of hydrogen-bond acceptors (Lipinski definition) is 9. The predicted molar refractivity (Wildman–Crippen MR) is 163 cm³/mol. The van der Waals surface area contributed by atoms with Crippen LogP contribution in [-0.4, -0.2) is 76.4 Å². The molecule has 0 saturated heterocycles. The summed E-state index contributed by atoms with van der Waals surface area (Å²) in [7, 11) is 0. The molecule has 1 heterocycles. The minimum Gasteiger partial charge on any atom is -0.489 e. The second-order valence-corrected chi connectivity index (χ2v) is 11.6. The Morgan fingerprint density at radius 3 is 1.48 bits per heavy atom. The van der Waals surface area contributed by atoms with E-state index in [0.29, 0.717) is 12.8 Å². The van der Waals surface area contributed by atoms with E-state index >= 15 is 0 Å². The molecule has 0 amide bonds. The number of Topliss-reactive ketones (excluding diaryl/α,β-unsaturated/α-hetero) is 1. The zero-order chi connectivity index (χ0) is 31.1. The van der Waals surface area contributed by atoms with Crippen LogP contribution in [0.1, 0.15) is 142 Å². The van der Waals surface area contributed by atoms with Gasteiger partial charge >= 0.3 is 5.97 Å². The van der Waals surface area contributed by atoms with E-state index in [0.717, 1.165) is 51.4 Å². The lowest BCUT2D eigenvalue weighted by Gasteiger charge is -2.33. The van der Waals surface area contributed by atoms with Crippen molar-refractivity contribution in [2.45, 2.75) is 160 Å². The Balaban J connectivity index is 2.62. The number of ether oxygens (including phenoxy) is 3. The normalized spacial score (nSPS) is 18.3. The van der Waals surface area contributed by atoms with Gasteiger partial charge in [0.2, 0.25) is 17.3 Å². The molecule has 9 nitrogen and oxygen atoms in total. The van der Waals surface area contributed by atoms with Crippen LogP contribution in [0, 0.1) is 0 Å². The van der Waals surface area contributed by atoms with Crippen molar-refractivity contribution in [1.29, 1.82) is 0 Å². The van der Waals surface area contributed by atoms with Crippen LogP contribution < -0.4 is 0 Å². The summed E-state index contributed by atoms with van der Waals surface area (Å²) in [5.74, 6) is -2.86. The Hall–Kier alpha value is -1.68. The zero-order valence-corrected chi connectivity index (χ0v) is 26.5. The first-order chi connectivity index (χ1) is 20.4. The highest BCUT2D eigenvalue weighted by atomic mass is 16.6. The van der Waals surface area contributed by atoms with Crippen LogP contribution in [-0.2, 0) is 23.8 Å². The summed E-state index contributed by atoms with van der Waals surface area (Å²) in [6.45, 7) is 2.81.